The first-order valence-corrected chi connectivity index (χ1v) is 11.0. The Morgan fingerprint density at radius 3 is 2.90 bits per heavy atom. The number of hydrogen-bond donors (Lipinski definition) is 3. The van der Waals surface area contributed by atoms with Crippen molar-refractivity contribution < 1.29 is 4.79 Å². The Hall–Kier alpha value is -3.04. The molecule has 1 aromatic carbocycles. The Balaban J connectivity index is 1.33. The Morgan fingerprint density at radius 1 is 1.23 bits per heavy atom. The first-order chi connectivity index (χ1) is 15.2. The molecule has 0 spiro atoms. The number of amides is 1. The first kappa shape index (κ1) is 19.9. The maximum atomic E-state index is 12.8. The molecule has 0 aliphatic carbocycles. The van der Waals surface area contributed by atoms with Gasteiger partial charge in [-0.3, -0.25) is 15.6 Å². The number of nitrogens with one attached hydrogen (secondary N) is 3. The third-order valence-corrected chi connectivity index (χ3v) is 6.13. The number of rotatable bonds is 5. The zero-order valence-corrected chi connectivity index (χ0v) is 17.7. The summed E-state index contributed by atoms with van der Waals surface area (Å²) in [6.07, 6.45) is 6.43. The Kier molecular flexibility index (Phi) is 5.52. The fraction of sp³-hybridized carbons (Fsp3) is 0.455. The van der Waals surface area contributed by atoms with Crippen molar-refractivity contribution in [1.29, 1.82) is 0 Å². The van der Waals surface area contributed by atoms with Crippen LogP contribution in [-0.2, 0) is 4.79 Å². The Labute approximate surface area is 181 Å². The van der Waals surface area contributed by atoms with Gasteiger partial charge in [-0.05, 0) is 38.3 Å². The Bertz CT molecular complexity index is 1060. The SMILES string of the molecule is Cc1ccc(-n2cc3c(N4CCCC(C(=O)NCC5CCNN5)C4)ncnc3n2)cc1. The van der Waals surface area contributed by atoms with Crippen LogP contribution in [0, 0.1) is 12.8 Å². The minimum absolute atomic E-state index is 0.0414. The number of hydrazine groups is 1. The number of hydrogen-bond acceptors (Lipinski definition) is 7. The van der Waals surface area contributed by atoms with E-state index in [0.29, 0.717) is 24.8 Å². The minimum atomic E-state index is -0.0414. The summed E-state index contributed by atoms with van der Waals surface area (Å²) in [5.41, 5.74) is 9.15. The highest BCUT2D eigenvalue weighted by Gasteiger charge is 2.28. The van der Waals surface area contributed by atoms with Gasteiger partial charge in [0.25, 0.3) is 0 Å². The molecule has 2 atom stereocenters. The van der Waals surface area contributed by atoms with Crippen molar-refractivity contribution in [1.82, 2.24) is 35.9 Å². The monoisotopic (exact) mass is 420 g/mol. The molecule has 1 amide bonds. The molecule has 2 unspecified atom stereocenters. The molecule has 9 nitrogen and oxygen atoms in total. The molecule has 9 heteroatoms. The van der Waals surface area contributed by atoms with Crippen molar-refractivity contribution in [2.75, 3.05) is 31.1 Å². The van der Waals surface area contributed by atoms with Gasteiger partial charge in [0.1, 0.15) is 12.1 Å². The number of anilines is 1. The molecule has 0 saturated carbocycles. The van der Waals surface area contributed by atoms with E-state index in [2.05, 4.69) is 55.2 Å². The standard InChI is InChI=1S/C22H28N8O/c1-15-4-6-18(7-5-15)30-13-19-20(28-30)24-14-25-21(19)29-10-2-3-16(12-29)22(31)23-11-17-8-9-26-27-17/h4-7,13-14,16-17,26-27H,2-3,8-12H2,1H3,(H,23,31). The normalized spacial score (nSPS) is 21.5. The van der Waals surface area contributed by atoms with Crippen LogP contribution in [-0.4, -0.2) is 57.9 Å². The topological polar surface area (TPSA) is 100 Å². The van der Waals surface area contributed by atoms with Crippen LogP contribution in [0.1, 0.15) is 24.8 Å². The van der Waals surface area contributed by atoms with Crippen LogP contribution in [0.25, 0.3) is 16.7 Å². The summed E-state index contributed by atoms with van der Waals surface area (Å²) in [4.78, 5) is 23.9. The number of nitrogens with zero attached hydrogens (tertiary/aromatic N) is 5. The quantitative estimate of drug-likeness (QED) is 0.572. The summed E-state index contributed by atoms with van der Waals surface area (Å²) < 4.78 is 1.85. The third-order valence-electron chi connectivity index (χ3n) is 6.13. The van der Waals surface area contributed by atoms with Crippen molar-refractivity contribution in [3.05, 3.63) is 42.4 Å². The maximum absolute atomic E-state index is 12.8. The smallest absolute Gasteiger partial charge is 0.224 e. The molecule has 2 fully saturated rings. The molecule has 3 aromatic rings. The average Bonchev–Trinajstić information content (AvgIpc) is 3.47. The van der Waals surface area contributed by atoms with Gasteiger partial charge in [-0.2, -0.15) is 0 Å². The second kappa shape index (κ2) is 8.60. The van der Waals surface area contributed by atoms with Crippen LogP contribution in [0.2, 0.25) is 0 Å². The summed E-state index contributed by atoms with van der Waals surface area (Å²) >= 11 is 0. The van der Waals surface area contributed by atoms with E-state index in [-0.39, 0.29) is 11.8 Å². The fourth-order valence-corrected chi connectivity index (χ4v) is 4.35. The van der Waals surface area contributed by atoms with Crippen LogP contribution in [0.4, 0.5) is 5.82 Å². The van der Waals surface area contributed by atoms with Crippen molar-refractivity contribution in [3.63, 3.8) is 0 Å². The van der Waals surface area contributed by atoms with Gasteiger partial charge >= 0.3 is 0 Å². The molecular formula is C22H28N8O. The molecule has 2 saturated heterocycles. The predicted octanol–water partition coefficient (Wildman–Crippen LogP) is 1.32. The number of piperidine rings is 1. The van der Waals surface area contributed by atoms with Crippen LogP contribution in [0.15, 0.2) is 36.8 Å². The predicted molar refractivity (Wildman–Crippen MR) is 119 cm³/mol. The van der Waals surface area contributed by atoms with Gasteiger partial charge in [0.15, 0.2) is 5.65 Å². The van der Waals surface area contributed by atoms with Crippen molar-refractivity contribution >= 4 is 22.8 Å². The summed E-state index contributed by atoms with van der Waals surface area (Å²) in [5, 5.41) is 8.67. The number of carbonyl (C=O) groups is 1. The number of aryl methyl sites for hydroxylation is 1. The largest absolute Gasteiger partial charge is 0.355 e. The molecule has 162 valence electrons. The van der Waals surface area contributed by atoms with Crippen LogP contribution in [0.5, 0.6) is 0 Å². The number of aromatic nitrogens is 4. The summed E-state index contributed by atoms with van der Waals surface area (Å²) in [7, 11) is 0. The van der Waals surface area contributed by atoms with E-state index in [9.17, 15) is 4.79 Å². The van der Waals surface area contributed by atoms with E-state index < -0.39 is 0 Å². The molecule has 2 aliphatic heterocycles. The first-order valence-electron chi connectivity index (χ1n) is 11.0. The average molecular weight is 421 g/mol. The van der Waals surface area contributed by atoms with Gasteiger partial charge < -0.3 is 10.2 Å². The lowest BCUT2D eigenvalue weighted by Gasteiger charge is -2.33. The fourth-order valence-electron chi connectivity index (χ4n) is 4.35. The van der Waals surface area contributed by atoms with E-state index in [1.165, 1.54) is 5.56 Å². The second-order valence-corrected chi connectivity index (χ2v) is 8.43. The second-order valence-electron chi connectivity index (χ2n) is 8.43. The van der Waals surface area contributed by atoms with Gasteiger partial charge in [0.2, 0.25) is 5.91 Å². The molecule has 4 heterocycles. The van der Waals surface area contributed by atoms with E-state index >= 15 is 0 Å². The molecule has 2 aliphatic rings. The van der Waals surface area contributed by atoms with E-state index in [0.717, 1.165) is 49.2 Å². The summed E-state index contributed by atoms with van der Waals surface area (Å²) in [6, 6.07) is 8.53. The third kappa shape index (κ3) is 4.24. The molecule has 0 radical (unpaired) electrons. The van der Waals surface area contributed by atoms with Crippen molar-refractivity contribution in [3.8, 4) is 5.69 Å². The van der Waals surface area contributed by atoms with E-state index in [4.69, 9.17) is 0 Å². The number of carbonyl (C=O) groups excluding carboxylic acids is 1. The van der Waals surface area contributed by atoms with Crippen LogP contribution >= 0.6 is 0 Å². The van der Waals surface area contributed by atoms with Crippen LogP contribution in [0.3, 0.4) is 0 Å². The molecule has 0 bridgehead atoms. The van der Waals surface area contributed by atoms with Gasteiger partial charge in [-0.25, -0.2) is 14.6 Å². The zero-order valence-electron chi connectivity index (χ0n) is 17.7. The molecule has 2 aromatic heterocycles. The maximum Gasteiger partial charge on any atom is 0.224 e. The Morgan fingerprint density at radius 2 is 2.10 bits per heavy atom. The minimum Gasteiger partial charge on any atom is -0.355 e. The highest BCUT2D eigenvalue weighted by molar-refractivity contribution is 5.87. The molecule has 31 heavy (non-hydrogen) atoms. The molecule has 5 rings (SSSR count). The highest BCUT2D eigenvalue weighted by atomic mass is 16.1. The van der Waals surface area contributed by atoms with E-state index in [1.807, 2.05) is 23.0 Å². The zero-order chi connectivity index (χ0) is 21.2. The molecular weight excluding hydrogens is 392 g/mol. The summed E-state index contributed by atoms with van der Waals surface area (Å²) in [6.45, 7) is 5.20. The lowest BCUT2D eigenvalue weighted by molar-refractivity contribution is -0.125. The van der Waals surface area contributed by atoms with Crippen molar-refractivity contribution in [2.45, 2.75) is 32.2 Å². The number of fused-ring (bicyclic) bond motifs is 1. The number of benzene rings is 1. The van der Waals surface area contributed by atoms with Gasteiger partial charge in [0, 0.05) is 38.4 Å². The lowest BCUT2D eigenvalue weighted by atomic mass is 9.97. The van der Waals surface area contributed by atoms with Crippen molar-refractivity contribution in [2.24, 2.45) is 5.92 Å². The molecule has 3 N–H and O–H groups in total. The van der Waals surface area contributed by atoms with Gasteiger partial charge in [-0.15, -0.1) is 5.10 Å². The highest BCUT2D eigenvalue weighted by Crippen LogP contribution is 2.28. The van der Waals surface area contributed by atoms with E-state index in [1.54, 1.807) is 6.33 Å². The van der Waals surface area contributed by atoms with Gasteiger partial charge in [0.05, 0.1) is 17.0 Å². The lowest BCUT2D eigenvalue weighted by Crippen LogP contribution is -2.46. The van der Waals surface area contributed by atoms with Crippen LogP contribution < -0.4 is 21.1 Å². The summed E-state index contributed by atoms with van der Waals surface area (Å²) in [5.74, 6) is 0.932. The van der Waals surface area contributed by atoms with Gasteiger partial charge in [-0.1, -0.05) is 17.7 Å².